The van der Waals surface area contributed by atoms with Crippen LogP contribution in [-0.2, 0) is 56.9 Å². The monoisotopic (exact) mass is 926 g/mol. The molecule has 19 nitrogen and oxygen atoms in total. The Labute approximate surface area is 368 Å². The van der Waals surface area contributed by atoms with Crippen LogP contribution < -0.4 is 11.1 Å². The molecule has 340 valence electrons. The van der Waals surface area contributed by atoms with Gasteiger partial charge in [-0.25, -0.2) is 25.3 Å². The van der Waals surface area contributed by atoms with Crippen LogP contribution in [0.3, 0.4) is 0 Å². The molecule has 1 amide bonds. The van der Waals surface area contributed by atoms with E-state index in [9.17, 15) is 34.8 Å². The van der Waals surface area contributed by atoms with E-state index < -0.39 is 54.0 Å². The smallest absolute Gasteiger partial charge is 0.320 e. The molecule has 8 rings (SSSR count). The van der Waals surface area contributed by atoms with Crippen molar-refractivity contribution in [3.8, 4) is 6.07 Å². The summed E-state index contributed by atoms with van der Waals surface area (Å²) in [6.07, 6.45) is 5.94. The minimum atomic E-state index is -3.47. The molecule has 1 aromatic heterocycles. The van der Waals surface area contributed by atoms with Crippen molar-refractivity contribution in [2.75, 3.05) is 26.2 Å². The van der Waals surface area contributed by atoms with Crippen LogP contribution in [-0.4, -0.2) is 120 Å². The highest BCUT2D eigenvalue weighted by Crippen LogP contribution is 2.33. The third-order valence-corrected chi connectivity index (χ3v) is 16.3. The van der Waals surface area contributed by atoms with Crippen LogP contribution in [0, 0.1) is 11.3 Å². The molecule has 0 bridgehead atoms. The van der Waals surface area contributed by atoms with E-state index in [0.717, 1.165) is 49.8 Å². The van der Waals surface area contributed by atoms with Gasteiger partial charge >= 0.3 is 5.97 Å². The summed E-state index contributed by atoms with van der Waals surface area (Å²) in [4.78, 5) is 21.4. The fourth-order valence-electron chi connectivity index (χ4n) is 7.70. The van der Waals surface area contributed by atoms with Crippen molar-refractivity contribution in [3.63, 3.8) is 0 Å². The highest BCUT2D eigenvalue weighted by atomic mass is 32.2. The number of carboxylic acids is 1. The molecule has 63 heavy (non-hydrogen) atoms. The maximum atomic E-state index is 12.5. The van der Waals surface area contributed by atoms with Crippen LogP contribution in [0.1, 0.15) is 79.9 Å². The number of tetrazole rings is 1. The van der Waals surface area contributed by atoms with E-state index in [1.165, 1.54) is 12.9 Å². The lowest BCUT2D eigenvalue weighted by atomic mass is 10.2. The average Bonchev–Trinajstić information content (AvgIpc) is 4.11. The van der Waals surface area contributed by atoms with E-state index in [4.69, 9.17) is 16.1 Å². The fourth-order valence-corrected chi connectivity index (χ4v) is 13.0. The zero-order chi connectivity index (χ0) is 45.5. The van der Waals surface area contributed by atoms with Crippen LogP contribution in [0.4, 0.5) is 0 Å². The summed E-state index contributed by atoms with van der Waals surface area (Å²) >= 11 is 0. The van der Waals surface area contributed by atoms with E-state index in [0.29, 0.717) is 50.3 Å². The lowest BCUT2D eigenvalue weighted by Crippen LogP contribution is -2.44. The molecular weight excluding hydrogens is 873 g/mol. The number of carbonyl (C=O) groups excluding carboxylic acids is 1. The number of sulfonamides is 3. The lowest BCUT2D eigenvalue weighted by molar-refractivity contribution is -0.139. The van der Waals surface area contributed by atoms with Gasteiger partial charge in [0.05, 0.1) is 29.4 Å². The number of nitrogens with two attached hydrogens (primary N) is 1. The molecule has 5 heterocycles. The van der Waals surface area contributed by atoms with Gasteiger partial charge in [0.25, 0.3) is 0 Å². The average molecular weight is 927 g/mol. The van der Waals surface area contributed by atoms with Crippen LogP contribution >= 0.6 is 0 Å². The molecule has 4 fully saturated rings. The maximum Gasteiger partial charge on any atom is 0.320 e. The zero-order valence-corrected chi connectivity index (χ0v) is 37.2. The first-order valence-corrected chi connectivity index (χ1v) is 25.4. The Morgan fingerprint density at radius 1 is 0.683 bits per heavy atom. The van der Waals surface area contributed by atoms with Crippen molar-refractivity contribution >= 4 is 41.9 Å². The van der Waals surface area contributed by atoms with Crippen LogP contribution in [0.2, 0.25) is 0 Å². The molecule has 0 aliphatic carbocycles. The molecule has 3 aromatic carbocycles. The Morgan fingerprint density at radius 3 is 1.60 bits per heavy atom. The molecule has 0 saturated carbocycles. The number of carboxylic acid groups (broad SMARTS) is 1. The first-order valence-electron chi connectivity index (χ1n) is 20.6. The number of carbonyl (C=O) groups is 2. The van der Waals surface area contributed by atoms with E-state index in [1.54, 1.807) is 36.4 Å². The number of primary amides is 1. The van der Waals surface area contributed by atoms with Gasteiger partial charge < -0.3 is 16.2 Å². The van der Waals surface area contributed by atoms with Gasteiger partial charge in [-0.1, -0.05) is 96.2 Å². The van der Waals surface area contributed by atoms with Crippen molar-refractivity contribution in [2.24, 2.45) is 5.73 Å². The van der Waals surface area contributed by atoms with E-state index in [1.807, 2.05) is 54.6 Å². The van der Waals surface area contributed by atoms with Crippen molar-refractivity contribution in [2.45, 2.75) is 92.8 Å². The quantitative estimate of drug-likeness (QED) is 0.159. The normalized spacial score (nSPS) is 21.8. The number of nitrogens with zero attached hydrogens (tertiary/aromatic N) is 7. The summed E-state index contributed by atoms with van der Waals surface area (Å²) in [5.74, 6) is -0.947. The number of nitriles is 1. The predicted octanol–water partition coefficient (Wildman–Crippen LogP) is 2.66. The number of rotatable bonds is 12. The Morgan fingerprint density at radius 2 is 1.16 bits per heavy atom. The van der Waals surface area contributed by atoms with Crippen LogP contribution in [0.15, 0.2) is 91.0 Å². The maximum absolute atomic E-state index is 12.5. The number of nitrogens with one attached hydrogen (secondary N) is 2. The number of hydrogen-bond acceptors (Lipinski definition) is 13. The fraction of sp³-hybridized carbons (Fsp3) is 0.463. The molecule has 4 unspecified atom stereocenters. The second kappa shape index (κ2) is 23.0. The summed E-state index contributed by atoms with van der Waals surface area (Å²) in [5, 5.41) is 33.8. The standard InChI is InChI=1S/C12H15N5O2S.C12H16N2O3S.C12H14N2O2S.C5H9NO2/c18-20(19,9-10-5-2-1-3-6-10)17-8-4-7-11(17)12-13-15-16-14-12;13-12(15)11-7-4-8-14(11)18(16,17)9-10-5-2-1-3-6-10;13-9-12-7-4-8-14(12)17(15,16)10-11-5-2-1-3-6-11;7-5(8)4-2-1-3-6-4/h1-3,5-6,11H,4,7-9H2,(H,13,14,15,16);1-3,5-6,11H,4,7-9H2,(H2,13,15);1-3,5-6,12H,4,7-8,10H2;4,6H,1-3H2,(H,7,8). The highest BCUT2D eigenvalue weighted by Gasteiger charge is 2.39. The summed E-state index contributed by atoms with van der Waals surface area (Å²) in [6, 6.07) is 27.5. The van der Waals surface area contributed by atoms with Crippen molar-refractivity contribution in [3.05, 3.63) is 114 Å². The molecule has 0 spiro atoms. The number of benzene rings is 3. The van der Waals surface area contributed by atoms with Gasteiger partial charge in [-0.2, -0.15) is 23.4 Å². The lowest BCUT2D eigenvalue weighted by Gasteiger charge is -2.21. The molecule has 0 radical (unpaired) electrons. The number of amides is 1. The topological polar surface area (TPSA) is 283 Å². The molecule has 4 aliphatic rings. The number of aromatic nitrogens is 4. The van der Waals surface area contributed by atoms with E-state index in [2.05, 4.69) is 32.0 Å². The largest absolute Gasteiger partial charge is 0.480 e. The summed E-state index contributed by atoms with van der Waals surface area (Å²) in [6.45, 7) is 2.21. The van der Waals surface area contributed by atoms with Gasteiger partial charge in [0.1, 0.15) is 18.1 Å². The second-order valence-electron chi connectivity index (χ2n) is 15.3. The van der Waals surface area contributed by atoms with Crippen LogP contribution in [0.5, 0.6) is 0 Å². The summed E-state index contributed by atoms with van der Waals surface area (Å²) < 4.78 is 77.9. The van der Waals surface area contributed by atoms with Gasteiger partial charge in [0, 0.05) is 19.6 Å². The van der Waals surface area contributed by atoms with Gasteiger partial charge in [-0.15, -0.1) is 10.2 Å². The van der Waals surface area contributed by atoms with E-state index >= 15 is 0 Å². The number of hydrogen-bond donors (Lipinski definition) is 4. The summed E-state index contributed by atoms with van der Waals surface area (Å²) in [7, 11) is -10.2. The molecule has 4 saturated heterocycles. The third kappa shape index (κ3) is 14.2. The zero-order valence-electron chi connectivity index (χ0n) is 34.7. The van der Waals surface area contributed by atoms with Crippen LogP contribution in [0.25, 0.3) is 0 Å². The van der Waals surface area contributed by atoms with Gasteiger partial charge in [0.2, 0.25) is 36.0 Å². The minimum absolute atomic E-state index is 0.00217. The molecule has 4 aliphatic heterocycles. The summed E-state index contributed by atoms with van der Waals surface area (Å²) in [5.41, 5.74) is 7.49. The minimum Gasteiger partial charge on any atom is -0.480 e. The Balaban J connectivity index is 0.000000164. The number of aromatic amines is 1. The first-order chi connectivity index (χ1) is 30.1. The number of H-pyrrole nitrogens is 1. The molecular formula is C41H54N10O9S3. The van der Waals surface area contributed by atoms with Gasteiger partial charge in [-0.3, -0.25) is 9.59 Å². The van der Waals surface area contributed by atoms with Gasteiger partial charge in [-0.05, 0) is 74.6 Å². The Kier molecular flexibility index (Phi) is 17.8. The molecule has 22 heteroatoms. The van der Waals surface area contributed by atoms with Crippen molar-refractivity contribution in [1.29, 1.82) is 5.26 Å². The third-order valence-electron chi connectivity index (χ3n) is 10.8. The molecule has 4 aromatic rings. The number of aliphatic carboxylic acids is 1. The predicted molar refractivity (Wildman–Crippen MR) is 233 cm³/mol. The SMILES string of the molecule is N#CC1CCCN1S(=O)(=O)Cc1ccccc1.NC(=O)C1CCCN1S(=O)(=O)Cc1ccccc1.O=C(O)C1CCCN1.O=S(=O)(Cc1ccccc1)N1CCCC1c1nn[nH]n1. The van der Waals surface area contributed by atoms with Crippen molar-refractivity contribution < 1.29 is 39.9 Å². The Bertz CT molecular complexity index is 2440. The first kappa shape index (κ1) is 48.9. The Hall–Kier alpha value is -5.15. The molecule has 5 N–H and O–H groups in total. The van der Waals surface area contributed by atoms with Crippen molar-refractivity contribution in [1.82, 2.24) is 38.9 Å². The molecule has 4 atom stereocenters. The van der Waals surface area contributed by atoms with E-state index in [-0.39, 0.29) is 29.3 Å². The second-order valence-corrected chi connectivity index (χ2v) is 21.1. The van der Waals surface area contributed by atoms with Gasteiger partial charge in [0.15, 0.2) is 5.82 Å². The highest BCUT2D eigenvalue weighted by molar-refractivity contribution is 7.88.